The van der Waals surface area contributed by atoms with Gasteiger partial charge in [-0.15, -0.1) is 11.3 Å². The van der Waals surface area contributed by atoms with Crippen molar-refractivity contribution in [3.63, 3.8) is 0 Å². The molecule has 0 bridgehead atoms. The summed E-state index contributed by atoms with van der Waals surface area (Å²) in [7, 11) is 0. The van der Waals surface area contributed by atoms with E-state index in [1.165, 1.54) is 6.42 Å². The Morgan fingerprint density at radius 2 is 2.17 bits per heavy atom. The number of hydrogen-bond acceptors (Lipinski definition) is 5. The third kappa shape index (κ3) is 2.56. The summed E-state index contributed by atoms with van der Waals surface area (Å²) in [5.41, 5.74) is 5.80. The minimum absolute atomic E-state index is 0.363. The molecule has 98 valence electrons. The number of anilines is 2. The molecule has 0 aliphatic rings. The van der Waals surface area contributed by atoms with Crippen molar-refractivity contribution in [2.75, 3.05) is 23.7 Å². The van der Waals surface area contributed by atoms with Crippen LogP contribution in [0.25, 0.3) is 10.2 Å². The molecule has 2 rings (SSSR count). The second-order valence-corrected chi connectivity index (χ2v) is 5.49. The minimum Gasteiger partial charge on any atom is -0.368 e. The number of thiophene rings is 1. The monoisotopic (exact) mass is 264 g/mol. The first-order chi connectivity index (χ1) is 8.65. The largest absolute Gasteiger partial charge is 0.368 e. The third-order valence-corrected chi connectivity index (χ3v) is 4.04. The van der Waals surface area contributed by atoms with E-state index < -0.39 is 0 Å². The molecule has 2 aromatic rings. The number of rotatable bonds is 5. The van der Waals surface area contributed by atoms with Crippen LogP contribution in [0.2, 0.25) is 0 Å². The molecule has 2 aromatic heterocycles. The summed E-state index contributed by atoms with van der Waals surface area (Å²) in [5, 5.41) is 3.15. The van der Waals surface area contributed by atoms with E-state index in [-0.39, 0.29) is 0 Å². The molecule has 0 fully saturated rings. The molecule has 2 heterocycles. The molecule has 0 spiro atoms. The first-order valence-electron chi connectivity index (χ1n) is 6.41. The van der Waals surface area contributed by atoms with Crippen LogP contribution in [0.3, 0.4) is 0 Å². The maximum absolute atomic E-state index is 5.80. The van der Waals surface area contributed by atoms with Crippen molar-refractivity contribution in [2.24, 2.45) is 5.92 Å². The predicted molar refractivity (Wildman–Crippen MR) is 79.2 cm³/mol. The van der Waals surface area contributed by atoms with Gasteiger partial charge in [0.2, 0.25) is 5.95 Å². The van der Waals surface area contributed by atoms with Crippen LogP contribution in [-0.2, 0) is 0 Å². The number of nitrogens with zero attached hydrogens (tertiary/aromatic N) is 3. The van der Waals surface area contributed by atoms with Gasteiger partial charge in [0, 0.05) is 13.1 Å². The van der Waals surface area contributed by atoms with Crippen LogP contribution in [0.15, 0.2) is 11.4 Å². The van der Waals surface area contributed by atoms with Crippen LogP contribution < -0.4 is 10.6 Å². The van der Waals surface area contributed by atoms with Crippen LogP contribution in [0.1, 0.15) is 27.2 Å². The zero-order valence-corrected chi connectivity index (χ0v) is 12.0. The van der Waals surface area contributed by atoms with Gasteiger partial charge in [-0.1, -0.05) is 20.3 Å². The Bertz CT molecular complexity index is 523. The summed E-state index contributed by atoms with van der Waals surface area (Å²) >= 11 is 1.61. The Hall–Kier alpha value is -1.36. The second kappa shape index (κ2) is 5.52. The molecule has 5 heteroatoms. The fraction of sp³-hybridized carbons (Fsp3) is 0.538. The first-order valence-corrected chi connectivity index (χ1v) is 7.29. The fourth-order valence-electron chi connectivity index (χ4n) is 1.97. The van der Waals surface area contributed by atoms with Crippen molar-refractivity contribution in [1.82, 2.24) is 9.97 Å². The van der Waals surface area contributed by atoms with Gasteiger partial charge in [-0.2, -0.15) is 4.98 Å². The minimum atomic E-state index is 0.363. The maximum Gasteiger partial charge on any atom is 0.223 e. The molecule has 2 N–H and O–H groups in total. The number of nitrogen functional groups attached to an aromatic ring is 1. The average Bonchev–Trinajstić information content (AvgIpc) is 2.82. The second-order valence-electron chi connectivity index (χ2n) is 4.60. The van der Waals surface area contributed by atoms with Crippen molar-refractivity contribution in [2.45, 2.75) is 27.2 Å². The van der Waals surface area contributed by atoms with E-state index >= 15 is 0 Å². The van der Waals surface area contributed by atoms with E-state index in [0.717, 1.165) is 29.1 Å². The van der Waals surface area contributed by atoms with Crippen molar-refractivity contribution in [3.8, 4) is 0 Å². The normalized spacial score (nSPS) is 12.8. The van der Waals surface area contributed by atoms with Gasteiger partial charge in [0.05, 0.1) is 5.39 Å². The number of hydrogen-bond donors (Lipinski definition) is 1. The Balaban J connectivity index is 2.40. The zero-order chi connectivity index (χ0) is 13.1. The van der Waals surface area contributed by atoms with E-state index in [2.05, 4.69) is 41.7 Å². The molecule has 0 aromatic carbocycles. The molecule has 0 aliphatic heterocycles. The van der Waals surface area contributed by atoms with Crippen LogP contribution in [0.4, 0.5) is 11.8 Å². The molecule has 0 aliphatic carbocycles. The SMILES string of the molecule is CCC(C)CN(CC)c1nc(N)nc2sccc12. The molecule has 0 saturated heterocycles. The van der Waals surface area contributed by atoms with Crippen LogP contribution in [-0.4, -0.2) is 23.1 Å². The highest BCUT2D eigenvalue weighted by atomic mass is 32.1. The van der Waals surface area contributed by atoms with Crippen molar-refractivity contribution in [1.29, 1.82) is 0 Å². The van der Waals surface area contributed by atoms with Gasteiger partial charge in [0.15, 0.2) is 0 Å². The molecule has 1 unspecified atom stereocenters. The number of fused-ring (bicyclic) bond motifs is 1. The molecular weight excluding hydrogens is 244 g/mol. The Morgan fingerprint density at radius 3 is 2.83 bits per heavy atom. The van der Waals surface area contributed by atoms with E-state index in [9.17, 15) is 0 Å². The average molecular weight is 264 g/mol. The molecular formula is C13H20N4S. The summed E-state index contributed by atoms with van der Waals surface area (Å²) in [6.45, 7) is 8.57. The lowest BCUT2D eigenvalue weighted by atomic mass is 10.1. The van der Waals surface area contributed by atoms with Crippen molar-refractivity contribution in [3.05, 3.63) is 11.4 Å². The van der Waals surface area contributed by atoms with Gasteiger partial charge in [0.1, 0.15) is 10.6 Å². The predicted octanol–water partition coefficient (Wildman–Crippen LogP) is 3.15. The smallest absolute Gasteiger partial charge is 0.223 e. The van der Waals surface area contributed by atoms with Crippen LogP contribution in [0, 0.1) is 5.92 Å². The number of nitrogens with two attached hydrogens (primary N) is 1. The van der Waals surface area contributed by atoms with Gasteiger partial charge in [-0.05, 0) is 24.3 Å². The topological polar surface area (TPSA) is 55.0 Å². The number of aromatic nitrogens is 2. The van der Waals surface area contributed by atoms with Crippen LogP contribution >= 0.6 is 11.3 Å². The summed E-state index contributed by atoms with van der Waals surface area (Å²) in [6, 6.07) is 2.08. The lowest BCUT2D eigenvalue weighted by Crippen LogP contribution is -2.29. The van der Waals surface area contributed by atoms with E-state index in [4.69, 9.17) is 5.73 Å². The summed E-state index contributed by atoms with van der Waals surface area (Å²) < 4.78 is 0. The molecule has 0 saturated carbocycles. The summed E-state index contributed by atoms with van der Waals surface area (Å²) in [4.78, 5) is 12.0. The maximum atomic E-state index is 5.80. The highest BCUT2D eigenvalue weighted by molar-refractivity contribution is 7.16. The molecule has 0 amide bonds. The van der Waals surface area contributed by atoms with E-state index in [1.807, 2.05) is 5.38 Å². The van der Waals surface area contributed by atoms with Gasteiger partial charge >= 0.3 is 0 Å². The molecule has 0 radical (unpaired) electrons. The Kier molecular flexibility index (Phi) is 4.01. The van der Waals surface area contributed by atoms with E-state index in [1.54, 1.807) is 11.3 Å². The lowest BCUT2D eigenvalue weighted by molar-refractivity contribution is 0.546. The lowest BCUT2D eigenvalue weighted by Gasteiger charge is -2.25. The molecule has 4 nitrogen and oxygen atoms in total. The highest BCUT2D eigenvalue weighted by Gasteiger charge is 2.15. The standard InChI is InChI=1S/C13H20N4S/c1-4-9(3)8-17(5-2)11-10-6-7-18-12(10)16-13(14)15-11/h6-7,9H,4-5,8H2,1-3H3,(H2,14,15,16). The zero-order valence-electron chi connectivity index (χ0n) is 11.2. The first kappa shape index (κ1) is 13.1. The highest BCUT2D eigenvalue weighted by Crippen LogP contribution is 2.29. The summed E-state index contributed by atoms with van der Waals surface area (Å²) in [5.74, 6) is 1.99. The van der Waals surface area contributed by atoms with Gasteiger partial charge in [0.25, 0.3) is 0 Å². The fourth-order valence-corrected chi connectivity index (χ4v) is 2.73. The van der Waals surface area contributed by atoms with Gasteiger partial charge in [-0.25, -0.2) is 4.98 Å². The quantitative estimate of drug-likeness (QED) is 0.901. The molecule has 18 heavy (non-hydrogen) atoms. The third-order valence-electron chi connectivity index (χ3n) is 3.23. The Labute approximate surface area is 112 Å². The Morgan fingerprint density at radius 1 is 1.39 bits per heavy atom. The van der Waals surface area contributed by atoms with Crippen LogP contribution in [0.5, 0.6) is 0 Å². The van der Waals surface area contributed by atoms with Crippen molar-refractivity contribution < 1.29 is 0 Å². The van der Waals surface area contributed by atoms with Gasteiger partial charge < -0.3 is 10.6 Å². The van der Waals surface area contributed by atoms with E-state index in [0.29, 0.717) is 11.9 Å². The van der Waals surface area contributed by atoms with Gasteiger partial charge in [-0.3, -0.25) is 0 Å². The van der Waals surface area contributed by atoms with Crippen molar-refractivity contribution >= 4 is 33.3 Å². The summed E-state index contributed by atoms with van der Waals surface area (Å²) in [6.07, 6.45) is 1.17. The molecule has 1 atom stereocenters.